The highest BCUT2D eigenvalue weighted by Crippen LogP contribution is 2.15. The van der Waals surface area contributed by atoms with Gasteiger partial charge in [-0.25, -0.2) is 0 Å². The fourth-order valence-electron chi connectivity index (χ4n) is 3.78. The van der Waals surface area contributed by atoms with Crippen molar-refractivity contribution < 1.29 is 9.47 Å². The molecule has 1 aliphatic heterocycles. The molecule has 1 aromatic carbocycles. The summed E-state index contributed by atoms with van der Waals surface area (Å²) in [6.45, 7) is 9.15. The number of pyridine rings is 1. The molecule has 0 radical (unpaired) electrons. The van der Waals surface area contributed by atoms with Gasteiger partial charge in [0.15, 0.2) is 5.11 Å². The number of aryl methyl sites for hydroxylation is 1. The zero-order valence-electron chi connectivity index (χ0n) is 18.6. The van der Waals surface area contributed by atoms with Crippen LogP contribution in [0.5, 0.6) is 0 Å². The largest absolute Gasteiger partial charge is 0.383 e. The molecule has 1 aliphatic rings. The molecule has 1 fully saturated rings. The minimum absolute atomic E-state index is 0.0605. The number of rotatable bonds is 10. The van der Waals surface area contributed by atoms with Crippen LogP contribution in [-0.4, -0.2) is 79.6 Å². The Bertz CT molecular complexity index is 911. The second-order valence-electron chi connectivity index (χ2n) is 7.85. The first-order chi connectivity index (χ1) is 15.1. The maximum absolute atomic E-state index is 12.7. The van der Waals surface area contributed by atoms with E-state index in [0.29, 0.717) is 24.8 Å². The molecular weight excluding hydrogens is 412 g/mol. The molecule has 7 nitrogen and oxygen atoms in total. The summed E-state index contributed by atoms with van der Waals surface area (Å²) in [5.74, 6) is 0. The van der Waals surface area contributed by atoms with Gasteiger partial charge >= 0.3 is 0 Å². The van der Waals surface area contributed by atoms with Gasteiger partial charge in [0, 0.05) is 50.9 Å². The van der Waals surface area contributed by atoms with Crippen molar-refractivity contribution in [3.05, 3.63) is 45.7 Å². The van der Waals surface area contributed by atoms with E-state index in [2.05, 4.69) is 39.2 Å². The Labute approximate surface area is 189 Å². The quantitative estimate of drug-likeness (QED) is 0.428. The Balaban J connectivity index is 1.71. The van der Waals surface area contributed by atoms with Crippen molar-refractivity contribution in [3.8, 4) is 0 Å². The zero-order valence-corrected chi connectivity index (χ0v) is 19.4. The molecular formula is C23H34N4O3S. The first-order valence-electron chi connectivity index (χ1n) is 11.1. The highest BCUT2D eigenvalue weighted by molar-refractivity contribution is 7.80. The van der Waals surface area contributed by atoms with E-state index in [1.54, 1.807) is 7.11 Å². The molecule has 3 rings (SSSR count). The van der Waals surface area contributed by atoms with Crippen LogP contribution in [0.25, 0.3) is 10.9 Å². The van der Waals surface area contributed by atoms with Crippen LogP contribution < -0.4 is 10.9 Å². The third-order valence-electron chi connectivity index (χ3n) is 5.63. The number of ether oxygens (including phenoxy) is 2. The summed E-state index contributed by atoms with van der Waals surface area (Å²) in [7, 11) is 1.67. The van der Waals surface area contributed by atoms with Gasteiger partial charge in [0.1, 0.15) is 0 Å². The van der Waals surface area contributed by atoms with Gasteiger partial charge in [0.25, 0.3) is 5.56 Å². The summed E-state index contributed by atoms with van der Waals surface area (Å²) < 4.78 is 10.6. The Morgan fingerprint density at radius 1 is 1.32 bits per heavy atom. The number of thiocarbonyl (C=S) groups is 1. The Kier molecular flexibility index (Phi) is 9.27. The minimum atomic E-state index is -0.0605. The van der Waals surface area contributed by atoms with Crippen LogP contribution in [0.15, 0.2) is 29.1 Å². The first kappa shape index (κ1) is 23.7. The van der Waals surface area contributed by atoms with Crippen molar-refractivity contribution in [2.75, 3.05) is 59.7 Å². The average Bonchev–Trinajstić information content (AvgIpc) is 2.79. The van der Waals surface area contributed by atoms with Gasteiger partial charge in [-0.05, 0) is 54.2 Å². The fourth-order valence-corrected chi connectivity index (χ4v) is 4.04. The molecule has 0 unspecified atom stereocenters. The molecule has 0 atom stereocenters. The van der Waals surface area contributed by atoms with Gasteiger partial charge in [-0.2, -0.15) is 0 Å². The normalized spacial score (nSPS) is 14.6. The maximum atomic E-state index is 12.7. The van der Waals surface area contributed by atoms with Crippen LogP contribution >= 0.6 is 12.2 Å². The Hall–Kier alpha value is -2.00. The lowest BCUT2D eigenvalue weighted by Gasteiger charge is -2.29. The molecule has 0 bridgehead atoms. The average molecular weight is 447 g/mol. The molecule has 0 amide bonds. The number of aromatic amines is 1. The molecule has 170 valence electrons. The maximum Gasteiger partial charge on any atom is 0.253 e. The molecule has 2 heterocycles. The van der Waals surface area contributed by atoms with Crippen LogP contribution in [-0.2, 0) is 22.4 Å². The number of hydrogen-bond acceptors (Lipinski definition) is 5. The third kappa shape index (κ3) is 7.00. The van der Waals surface area contributed by atoms with Gasteiger partial charge in [-0.1, -0.05) is 13.0 Å². The SMILES string of the molecule is CCc1ccc2[nH]c(=O)c(CN(CCCN3CCOCC3)C(=S)NCCOC)cc2c1. The minimum Gasteiger partial charge on any atom is -0.383 e. The van der Waals surface area contributed by atoms with Crippen LogP contribution in [0.2, 0.25) is 0 Å². The molecule has 2 N–H and O–H groups in total. The third-order valence-corrected chi connectivity index (χ3v) is 6.03. The number of benzene rings is 1. The van der Waals surface area contributed by atoms with Crippen LogP contribution in [0.1, 0.15) is 24.5 Å². The van der Waals surface area contributed by atoms with Gasteiger partial charge in [0.2, 0.25) is 0 Å². The fraction of sp³-hybridized carbons (Fsp3) is 0.565. The van der Waals surface area contributed by atoms with Crippen molar-refractivity contribution in [1.82, 2.24) is 20.1 Å². The van der Waals surface area contributed by atoms with Gasteiger partial charge in [-0.15, -0.1) is 0 Å². The number of fused-ring (bicyclic) bond motifs is 1. The van der Waals surface area contributed by atoms with Crippen molar-refractivity contribution in [3.63, 3.8) is 0 Å². The number of nitrogens with one attached hydrogen (secondary N) is 2. The monoisotopic (exact) mass is 446 g/mol. The van der Waals surface area contributed by atoms with Gasteiger partial charge in [-0.3, -0.25) is 9.69 Å². The molecule has 0 aliphatic carbocycles. The summed E-state index contributed by atoms with van der Waals surface area (Å²) in [5, 5.41) is 4.96. The number of hydrogen-bond donors (Lipinski definition) is 2. The lowest BCUT2D eigenvalue weighted by atomic mass is 10.1. The van der Waals surface area contributed by atoms with Gasteiger partial charge < -0.3 is 24.7 Å². The highest BCUT2D eigenvalue weighted by atomic mass is 32.1. The Morgan fingerprint density at radius 2 is 2.13 bits per heavy atom. The van der Waals surface area contributed by atoms with E-state index in [0.717, 1.165) is 68.7 Å². The number of morpholine rings is 1. The number of H-pyrrole nitrogens is 1. The topological polar surface area (TPSA) is 69.8 Å². The summed E-state index contributed by atoms with van der Waals surface area (Å²) >= 11 is 5.65. The number of methoxy groups -OCH3 is 1. The van der Waals surface area contributed by atoms with E-state index in [4.69, 9.17) is 21.7 Å². The van der Waals surface area contributed by atoms with Crippen LogP contribution in [0.3, 0.4) is 0 Å². The van der Waals surface area contributed by atoms with E-state index in [9.17, 15) is 4.79 Å². The molecule has 31 heavy (non-hydrogen) atoms. The second-order valence-corrected chi connectivity index (χ2v) is 8.24. The molecule has 2 aromatic rings. The second kappa shape index (κ2) is 12.1. The lowest BCUT2D eigenvalue weighted by Crippen LogP contribution is -2.43. The van der Waals surface area contributed by atoms with Crippen molar-refractivity contribution >= 4 is 28.2 Å². The summed E-state index contributed by atoms with van der Waals surface area (Å²) in [6.07, 6.45) is 1.93. The summed E-state index contributed by atoms with van der Waals surface area (Å²) in [4.78, 5) is 20.3. The van der Waals surface area contributed by atoms with Gasteiger partial charge in [0.05, 0.1) is 26.4 Å². The number of aromatic nitrogens is 1. The predicted molar refractivity (Wildman–Crippen MR) is 129 cm³/mol. The van der Waals surface area contributed by atoms with Crippen molar-refractivity contribution in [1.29, 1.82) is 0 Å². The number of nitrogens with zero attached hydrogens (tertiary/aromatic N) is 2. The van der Waals surface area contributed by atoms with E-state index in [-0.39, 0.29) is 5.56 Å². The van der Waals surface area contributed by atoms with Crippen molar-refractivity contribution in [2.24, 2.45) is 0 Å². The van der Waals surface area contributed by atoms with E-state index >= 15 is 0 Å². The summed E-state index contributed by atoms with van der Waals surface area (Å²) in [5.41, 5.74) is 2.79. The highest BCUT2D eigenvalue weighted by Gasteiger charge is 2.15. The first-order valence-corrected chi connectivity index (χ1v) is 11.5. The van der Waals surface area contributed by atoms with E-state index in [1.165, 1.54) is 5.56 Å². The standard InChI is InChI=1S/C23H34N4O3S/c1-3-18-5-6-21-19(15-18)16-20(22(28)25-21)17-27(23(31)24-7-12-29-2)9-4-8-26-10-13-30-14-11-26/h5-6,15-16H,3-4,7-14,17H2,1-2H3,(H,24,31)(H,25,28). The lowest BCUT2D eigenvalue weighted by molar-refractivity contribution is 0.0367. The molecule has 1 saturated heterocycles. The molecule has 0 spiro atoms. The molecule has 1 aromatic heterocycles. The smallest absolute Gasteiger partial charge is 0.253 e. The van der Waals surface area contributed by atoms with E-state index < -0.39 is 0 Å². The van der Waals surface area contributed by atoms with Crippen molar-refractivity contribution in [2.45, 2.75) is 26.3 Å². The van der Waals surface area contributed by atoms with Crippen LogP contribution in [0, 0.1) is 0 Å². The van der Waals surface area contributed by atoms with Crippen LogP contribution in [0.4, 0.5) is 0 Å². The zero-order chi connectivity index (χ0) is 22.1. The van der Waals surface area contributed by atoms with E-state index in [1.807, 2.05) is 12.1 Å². The summed E-state index contributed by atoms with van der Waals surface area (Å²) in [6, 6.07) is 8.19. The predicted octanol–water partition coefficient (Wildman–Crippen LogP) is 2.14. The molecule has 8 heteroatoms. The Morgan fingerprint density at radius 3 is 2.87 bits per heavy atom. The molecule has 0 saturated carbocycles.